The number of para-hydroxylation sites is 2. The topological polar surface area (TPSA) is 114 Å². The van der Waals surface area contributed by atoms with Gasteiger partial charge in [0.15, 0.2) is 6.10 Å². The van der Waals surface area contributed by atoms with Crippen molar-refractivity contribution in [2.75, 3.05) is 30.3 Å². The Labute approximate surface area is 199 Å². The van der Waals surface area contributed by atoms with Crippen LogP contribution in [0.5, 0.6) is 11.5 Å². The molecule has 2 aliphatic rings. The van der Waals surface area contributed by atoms with Gasteiger partial charge in [0.25, 0.3) is 5.91 Å². The first-order valence-electron chi connectivity index (χ1n) is 11.4. The van der Waals surface area contributed by atoms with Crippen molar-refractivity contribution < 1.29 is 27.5 Å². The van der Waals surface area contributed by atoms with Gasteiger partial charge in [-0.3, -0.25) is 9.59 Å². The molecule has 4 rings (SSSR count). The zero-order valence-corrected chi connectivity index (χ0v) is 20.3. The number of carbonyl (C=O) groups excluding carboxylic acids is 2. The van der Waals surface area contributed by atoms with Gasteiger partial charge in [0.1, 0.15) is 11.5 Å². The minimum Gasteiger partial charge on any atom is -0.492 e. The highest BCUT2D eigenvalue weighted by Crippen LogP contribution is 2.36. The fourth-order valence-corrected chi connectivity index (χ4v) is 5.97. The van der Waals surface area contributed by atoms with Gasteiger partial charge in [-0.15, -0.1) is 0 Å². The Bertz CT molecular complexity index is 1210. The number of benzene rings is 2. The van der Waals surface area contributed by atoms with E-state index >= 15 is 0 Å². The Balaban J connectivity index is 1.53. The third kappa shape index (κ3) is 4.74. The molecule has 182 valence electrons. The monoisotopic (exact) mass is 487 g/mol. The van der Waals surface area contributed by atoms with Gasteiger partial charge in [-0.1, -0.05) is 12.1 Å². The number of carbonyl (C=O) groups is 2. The first-order chi connectivity index (χ1) is 16.2. The molecule has 2 heterocycles. The summed E-state index contributed by atoms with van der Waals surface area (Å²) in [6.07, 6.45) is 0.441. The molecule has 1 fully saturated rings. The summed E-state index contributed by atoms with van der Waals surface area (Å²) in [6, 6.07) is 10.2. The van der Waals surface area contributed by atoms with Gasteiger partial charge >= 0.3 is 0 Å². The zero-order chi connectivity index (χ0) is 24.5. The van der Waals surface area contributed by atoms with Crippen LogP contribution in [-0.2, 0) is 19.6 Å². The van der Waals surface area contributed by atoms with Crippen LogP contribution in [0.3, 0.4) is 0 Å². The maximum Gasteiger partial charge on any atom is 0.265 e. The number of hydrogen-bond donors (Lipinski definition) is 2. The van der Waals surface area contributed by atoms with Crippen molar-refractivity contribution in [2.24, 2.45) is 5.92 Å². The number of amides is 2. The highest BCUT2D eigenvalue weighted by atomic mass is 32.2. The van der Waals surface area contributed by atoms with E-state index in [2.05, 4.69) is 10.6 Å². The third-order valence-electron chi connectivity index (χ3n) is 6.03. The summed E-state index contributed by atoms with van der Waals surface area (Å²) >= 11 is 0. The maximum absolute atomic E-state index is 13.5. The first kappa shape index (κ1) is 24.0. The van der Waals surface area contributed by atoms with E-state index < -0.39 is 22.0 Å². The molecular formula is C24H29N3O6S. The molecule has 0 bridgehead atoms. The minimum atomic E-state index is -3.88. The highest BCUT2D eigenvalue weighted by molar-refractivity contribution is 7.89. The van der Waals surface area contributed by atoms with E-state index in [1.807, 2.05) is 13.0 Å². The summed E-state index contributed by atoms with van der Waals surface area (Å²) in [5.74, 6) is -0.126. The Kier molecular flexibility index (Phi) is 6.81. The fraction of sp³-hybridized carbons (Fsp3) is 0.417. The van der Waals surface area contributed by atoms with Gasteiger partial charge in [0, 0.05) is 19.2 Å². The second kappa shape index (κ2) is 9.63. The van der Waals surface area contributed by atoms with Crippen molar-refractivity contribution >= 4 is 33.2 Å². The molecule has 0 unspecified atom stereocenters. The fourth-order valence-electron chi connectivity index (χ4n) is 4.22. The molecule has 2 N–H and O–H groups in total. The Hall–Kier alpha value is -3.11. The lowest BCUT2D eigenvalue weighted by Crippen LogP contribution is -2.44. The molecule has 0 spiro atoms. The Morgan fingerprint density at radius 1 is 1.29 bits per heavy atom. The number of ether oxygens (including phenoxy) is 2. The van der Waals surface area contributed by atoms with E-state index in [1.165, 1.54) is 10.4 Å². The van der Waals surface area contributed by atoms with E-state index in [0.717, 1.165) is 0 Å². The summed E-state index contributed by atoms with van der Waals surface area (Å²) in [5, 5.41) is 5.62. The van der Waals surface area contributed by atoms with Crippen LogP contribution >= 0.6 is 0 Å². The Morgan fingerprint density at radius 3 is 2.82 bits per heavy atom. The van der Waals surface area contributed by atoms with E-state index in [1.54, 1.807) is 38.1 Å². The predicted molar refractivity (Wildman–Crippen MR) is 128 cm³/mol. The van der Waals surface area contributed by atoms with Crippen molar-refractivity contribution in [3.05, 3.63) is 42.0 Å². The molecule has 34 heavy (non-hydrogen) atoms. The number of anilines is 2. The number of sulfonamides is 1. The van der Waals surface area contributed by atoms with Gasteiger partial charge in [0.2, 0.25) is 15.9 Å². The second-order valence-corrected chi connectivity index (χ2v) is 10.4. The average Bonchev–Trinajstić information content (AvgIpc) is 2.81. The lowest BCUT2D eigenvalue weighted by atomic mass is 9.98. The summed E-state index contributed by atoms with van der Waals surface area (Å²) in [4.78, 5) is 25.0. The lowest BCUT2D eigenvalue weighted by Gasteiger charge is -2.32. The molecule has 2 amide bonds. The van der Waals surface area contributed by atoms with Gasteiger partial charge in [-0.2, -0.15) is 4.31 Å². The molecule has 2 aromatic carbocycles. The van der Waals surface area contributed by atoms with Crippen LogP contribution in [0.1, 0.15) is 32.3 Å². The molecule has 0 radical (unpaired) electrons. The van der Waals surface area contributed by atoms with Crippen molar-refractivity contribution in [3.63, 3.8) is 0 Å². The number of fused-ring (bicyclic) bond motifs is 1. The number of aryl methyl sites for hydroxylation is 1. The molecule has 10 heteroatoms. The van der Waals surface area contributed by atoms with Gasteiger partial charge in [-0.05, 0) is 57.4 Å². The molecule has 0 saturated carbocycles. The summed E-state index contributed by atoms with van der Waals surface area (Å²) in [5.41, 5.74) is 1.51. The molecule has 0 aromatic heterocycles. The van der Waals surface area contributed by atoms with E-state index in [-0.39, 0.29) is 23.3 Å². The smallest absolute Gasteiger partial charge is 0.265 e. The van der Waals surface area contributed by atoms with Crippen LogP contribution in [0.25, 0.3) is 0 Å². The standard InChI is InChI=1S/C24H29N3O6S/c1-4-32-20-10-6-5-9-18(20)25-24(29)17-8-7-11-27(14-17)34(30,31)22-13-21-19(12-15(22)2)26-23(28)16(3)33-21/h5-6,9-10,12-13,16-17H,4,7-8,11,14H2,1-3H3,(H,25,29)(H,26,28)/t16-,17+/m0/s1. The number of nitrogens with zero attached hydrogens (tertiary/aromatic N) is 1. The van der Waals surface area contributed by atoms with Gasteiger partial charge in [0.05, 0.1) is 28.8 Å². The lowest BCUT2D eigenvalue weighted by molar-refractivity contribution is -0.123. The van der Waals surface area contributed by atoms with Crippen LogP contribution in [0, 0.1) is 12.8 Å². The SMILES string of the molecule is CCOc1ccccc1NC(=O)[C@@H]1CCCN(S(=O)(=O)c2cc3c(cc2C)NC(=O)[C@H](C)O3)C1. The molecule has 2 aliphatic heterocycles. The maximum atomic E-state index is 13.5. The zero-order valence-electron chi connectivity index (χ0n) is 19.5. The largest absolute Gasteiger partial charge is 0.492 e. The normalized spacial score (nSPS) is 20.6. The number of nitrogens with one attached hydrogen (secondary N) is 2. The average molecular weight is 488 g/mol. The van der Waals surface area contributed by atoms with Crippen LogP contribution in [0.15, 0.2) is 41.3 Å². The Morgan fingerprint density at radius 2 is 2.06 bits per heavy atom. The minimum absolute atomic E-state index is 0.0789. The van der Waals surface area contributed by atoms with Crippen LogP contribution in [0.4, 0.5) is 11.4 Å². The summed E-state index contributed by atoms with van der Waals surface area (Å²) < 4.78 is 39.6. The van der Waals surface area contributed by atoms with Crippen molar-refractivity contribution in [1.29, 1.82) is 0 Å². The summed E-state index contributed by atoms with van der Waals surface area (Å²) in [7, 11) is -3.88. The second-order valence-electron chi connectivity index (χ2n) is 8.48. The first-order valence-corrected chi connectivity index (χ1v) is 12.8. The third-order valence-corrected chi connectivity index (χ3v) is 8.03. The van der Waals surface area contributed by atoms with E-state index in [9.17, 15) is 18.0 Å². The van der Waals surface area contributed by atoms with Crippen LogP contribution < -0.4 is 20.1 Å². The highest BCUT2D eigenvalue weighted by Gasteiger charge is 2.35. The molecule has 2 atom stereocenters. The molecule has 1 saturated heterocycles. The van der Waals surface area contributed by atoms with Gasteiger partial charge in [-0.25, -0.2) is 8.42 Å². The van der Waals surface area contributed by atoms with Crippen molar-refractivity contribution in [2.45, 2.75) is 44.6 Å². The van der Waals surface area contributed by atoms with Gasteiger partial charge < -0.3 is 20.1 Å². The van der Waals surface area contributed by atoms with Crippen LogP contribution in [0.2, 0.25) is 0 Å². The molecule has 0 aliphatic carbocycles. The number of piperidine rings is 1. The number of rotatable bonds is 6. The van der Waals surface area contributed by atoms with Crippen LogP contribution in [-0.4, -0.2) is 50.3 Å². The van der Waals surface area contributed by atoms with E-state index in [4.69, 9.17) is 9.47 Å². The van der Waals surface area contributed by atoms with Crippen molar-refractivity contribution in [3.8, 4) is 11.5 Å². The quantitative estimate of drug-likeness (QED) is 0.647. The van der Waals surface area contributed by atoms with Crippen molar-refractivity contribution in [1.82, 2.24) is 4.31 Å². The van der Waals surface area contributed by atoms with E-state index in [0.29, 0.717) is 54.4 Å². The summed E-state index contributed by atoms with van der Waals surface area (Å²) in [6.45, 7) is 6.01. The number of hydrogen-bond acceptors (Lipinski definition) is 6. The molecule has 2 aromatic rings. The predicted octanol–water partition coefficient (Wildman–Crippen LogP) is 3.15. The molecule has 9 nitrogen and oxygen atoms in total. The molecular weight excluding hydrogens is 458 g/mol.